The van der Waals surface area contributed by atoms with E-state index in [1.165, 1.54) is 38.0 Å². The van der Waals surface area contributed by atoms with Gasteiger partial charge in [-0.05, 0) is 49.9 Å². The van der Waals surface area contributed by atoms with Crippen LogP contribution in [0.1, 0.15) is 25.3 Å². The van der Waals surface area contributed by atoms with E-state index in [9.17, 15) is 0 Å². The molecule has 1 fully saturated rings. The van der Waals surface area contributed by atoms with Crippen LogP contribution in [-0.2, 0) is 6.42 Å². The molecular formula is C17H29ClIN5. The van der Waals surface area contributed by atoms with Crippen LogP contribution in [-0.4, -0.2) is 55.6 Å². The molecular weight excluding hydrogens is 437 g/mol. The molecule has 0 aliphatic carbocycles. The molecule has 24 heavy (non-hydrogen) atoms. The van der Waals surface area contributed by atoms with Crippen molar-refractivity contribution in [2.24, 2.45) is 10.9 Å². The molecule has 1 atom stereocenters. The highest BCUT2D eigenvalue weighted by Gasteiger charge is 2.14. The predicted octanol–water partition coefficient (Wildman–Crippen LogP) is 2.79. The fraction of sp³-hybridized carbons (Fsp3) is 0.647. The number of aliphatic imine (C=N–C) groups is 1. The number of guanidine groups is 1. The van der Waals surface area contributed by atoms with Crippen molar-refractivity contribution in [2.75, 3.05) is 39.8 Å². The van der Waals surface area contributed by atoms with E-state index in [-0.39, 0.29) is 24.0 Å². The lowest BCUT2D eigenvalue weighted by Gasteiger charge is -2.21. The summed E-state index contributed by atoms with van der Waals surface area (Å²) < 4.78 is 0. The Bertz CT molecular complexity index is 488. The van der Waals surface area contributed by atoms with E-state index in [0.29, 0.717) is 11.1 Å². The van der Waals surface area contributed by atoms with E-state index < -0.39 is 0 Å². The molecule has 1 aromatic heterocycles. The number of likely N-dealkylation sites (tertiary alicyclic amines) is 1. The lowest BCUT2D eigenvalue weighted by molar-refractivity contribution is 0.287. The van der Waals surface area contributed by atoms with Gasteiger partial charge in [0.25, 0.3) is 0 Å². The van der Waals surface area contributed by atoms with Crippen LogP contribution in [0, 0.1) is 5.92 Å². The van der Waals surface area contributed by atoms with Crippen LogP contribution < -0.4 is 10.6 Å². The van der Waals surface area contributed by atoms with Gasteiger partial charge in [0.15, 0.2) is 5.96 Å². The van der Waals surface area contributed by atoms with E-state index >= 15 is 0 Å². The number of rotatable bonds is 7. The summed E-state index contributed by atoms with van der Waals surface area (Å²) in [4.78, 5) is 10.9. The number of aromatic nitrogens is 1. The van der Waals surface area contributed by atoms with Crippen molar-refractivity contribution in [3.63, 3.8) is 0 Å². The van der Waals surface area contributed by atoms with Gasteiger partial charge in [-0.3, -0.25) is 4.99 Å². The summed E-state index contributed by atoms with van der Waals surface area (Å²) in [6.07, 6.45) is 5.42. The Labute approximate surface area is 167 Å². The maximum absolute atomic E-state index is 5.79. The summed E-state index contributed by atoms with van der Waals surface area (Å²) in [7, 11) is 1.81. The number of nitrogens with one attached hydrogen (secondary N) is 2. The standard InChI is InChI=1S/C17H28ClN5.HI/c1-14(13-23-9-3-4-10-23)11-22-17(19-2)20-8-7-15-5-6-16(18)21-12-15;/h5-6,12,14H,3-4,7-11,13H2,1-2H3,(H2,19,20,22);1H. The Morgan fingerprint density at radius 2 is 2.08 bits per heavy atom. The zero-order chi connectivity index (χ0) is 16.5. The average molecular weight is 466 g/mol. The molecule has 0 bridgehead atoms. The van der Waals surface area contributed by atoms with Crippen LogP contribution >= 0.6 is 35.6 Å². The smallest absolute Gasteiger partial charge is 0.190 e. The largest absolute Gasteiger partial charge is 0.356 e. The molecule has 0 aromatic carbocycles. The number of hydrogen-bond donors (Lipinski definition) is 2. The van der Waals surface area contributed by atoms with Crippen molar-refractivity contribution in [1.29, 1.82) is 0 Å². The zero-order valence-electron chi connectivity index (χ0n) is 14.6. The van der Waals surface area contributed by atoms with Gasteiger partial charge in [0, 0.05) is 32.9 Å². The lowest BCUT2D eigenvalue weighted by Crippen LogP contribution is -2.42. The Morgan fingerprint density at radius 1 is 1.33 bits per heavy atom. The van der Waals surface area contributed by atoms with E-state index in [0.717, 1.165) is 25.5 Å². The minimum Gasteiger partial charge on any atom is -0.356 e. The first kappa shape index (κ1) is 21.4. The Morgan fingerprint density at radius 3 is 2.71 bits per heavy atom. The molecule has 0 saturated carbocycles. The number of nitrogens with zero attached hydrogens (tertiary/aromatic N) is 3. The molecule has 1 aliphatic heterocycles. The van der Waals surface area contributed by atoms with Gasteiger partial charge in [-0.15, -0.1) is 24.0 Å². The summed E-state index contributed by atoms with van der Waals surface area (Å²) in [6.45, 7) is 7.74. The molecule has 7 heteroatoms. The van der Waals surface area contributed by atoms with Crippen LogP contribution in [0.15, 0.2) is 23.3 Å². The molecule has 1 saturated heterocycles. The van der Waals surface area contributed by atoms with Gasteiger partial charge in [0.1, 0.15) is 5.15 Å². The minimum atomic E-state index is 0. The summed E-state index contributed by atoms with van der Waals surface area (Å²) >= 11 is 5.79. The third-order valence-corrected chi connectivity index (χ3v) is 4.33. The van der Waals surface area contributed by atoms with Gasteiger partial charge in [-0.1, -0.05) is 24.6 Å². The van der Waals surface area contributed by atoms with Gasteiger partial charge in [0.2, 0.25) is 0 Å². The van der Waals surface area contributed by atoms with Gasteiger partial charge < -0.3 is 15.5 Å². The van der Waals surface area contributed by atoms with E-state index in [2.05, 4.69) is 32.4 Å². The maximum Gasteiger partial charge on any atom is 0.190 e. The molecule has 5 nitrogen and oxygen atoms in total. The number of hydrogen-bond acceptors (Lipinski definition) is 3. The topological polar surface area (TPSA) is 52.6 Å². The molecule has 2 heterocycles. The first-order valence-electron chi connectivity index (χ1n) is 8.44. The first-order chi connectivity index (χ1) is 11.2. The van der Waals surface area contributed by atoms with Crippen molar-refractivity contribution >= 4 is 41.5 Å². The van der Waals surface area contributed by atoms with Crippen LogP contribution in [0.3, 0.4) is 0 Å². The molecule has 1 unspecified atom stereocenters. The van der Waals surface area contributed by atoms with E-state index in [4.69, 9.17) is 11.6 Å². The molecule has 0 spiro atoms. The van der Waals surface area contributed by atoms with Gasteiger partial charge in [-0.25, -0.2) is 4.98 Å². The Hall–Kier alpha value is -0.600. The second-order valence-electron chi connectivity index (χ2n) is 6.23. The third-order valence-electron chi connectivity index (χ3n) is 4.10. The monoisotopic (exact) mass is 465 g/mol. The third kappa shape index (κ3) is 7.98. The quantitative estimate of drug-likeness (QED) is 0.281. The predicted molar refractivity (Wildman–Crippen MR) is 113 cm³/mol. The van der Waals surface area contributed by atoms with Crippen molar-refractivity contribution < 1.29 is 0 Å². The second-order valence-corrected chi connectivity index (χ2v) is 6.62. The summed E-state index contributed by atoms with van der Waals surface area (Å²) in [5.74, 6) is 1.48. The maximum atomic E-state index is 5.79. The van der Waals surface area contributed by atoms with Crippen LogP contribution in [0.2, 0.25) is 5.15 Å². The molecule has 0 amide bonds. The molecule has 136 valence electrons. The first-order valence-corrected chi connectivity index (χ1v) is 8.82. The SMILES string of the molecule is CN=C(NCCc1ccc(Cl)nc1)NCC(C)CN1CCCC1.I. The summed E-state index contributed by atoms with van der Waals surface area (Å²) in [5.41, 5.74) is 1.17. The summed E-state index contributed by atoms with van der Waals surface area (Å²) in [6, 6.07) is 3.83. The normalized spacial score (nSPS) is 16.5. The van der Waals surface area contributed by atoms with Crippen molar-refractivity contribution in [2.45, 2.75) is 26.2 Å². The van der Waals surface area contributed by atoms with Crippen molar-refractivity contribution in [3.8, 4) is 0 Å². The minimum absolute atomic E-state index is 0. The molecule has 2 N–H and O–H groups in total. The Balaban J connectivity index is 0.00000288. The van der Waals surface area contributed by atoms with Crippen molar-refractivity contribution in [1.82, 2.24) is 20.5 Å². The van der Waals surface area contributed by atoms with Crippen LogP contribution in [0.25, 0.3) is 0 Å². The molecule has 0 radical (unpaired) electrons. The van der Waals surface area contributed by atoms with Gasteiger partial charge in [-0.2, -0.15) is 0 Å². The average Bonchev–Trinajstić information content (AvgIpc) is 3.05. The van der Waals surface area contributed by atoms with Crippen LogP contribution in [0.5, 0.6) is 0 Å². The molecule has 2 rings (SSSR count). The molecule has 1 aliphatic rings. The highest BCUT2D eigenvalue weighted by atomic mass is 127. The van der Waals surface area contributed by atoms with Gasteiger partial charge in [0.05, 0.1) is 0 Å². The summed E-state index contributed by atoms with van der Waals surface area (Å²) in [5, 5.41) is 7.29. The van der Waals surface area contributed by atoms with E-state index in [1.54, 1.807) is 0 Å². The van der Waals surface area contributed by atoms with Gasteiger partial charge >= 0.3 is 0 Å². The Kier molecular flexibility index (Phi) is 10.6. The fourth-order valence-electron chi connectivity index (χ4n) is 2.84. The van der Waals surface area contributed by atoms with Crippen molar-refractivity contribution in [3.05, 3.63) is 29.0 Å². The highest BCUT2D eigenvalue weighted by Crippen LogP contribution is 2.09. The second kappa shape index (κ2) is 11.9. The van der Waals surface area contributed by atoms with E-state index in [1.807, 2.05) is 25.4 Å². The molecule has 1 aromatic rings. The zero-order valence-corrected chi connectivity index (χ0v) is 17.7. The fourth-order valence-corrected chi connectivity index (χ4v) is 2.95. The number of halogens is 2. The van der Waals surface area contributed by atoms with Crippen LogP contribution in [0.4, 0.5) is 0 Å². The highest BCUT2D eigenvalue weighted by molar-refractivity contribution is 14.0. The lowest BCUT2D eigenvalue weighted by atomic mass is 10.1. The number of pyridine rings is 1.